The van der Waals surface area contributed by atoms with E-state index in [9.17, 15) is 5.11 Å². The maximum atomic E-state index is 9.51. The zero-order chi connectivity index (χ0) is 13.0. The van der Waals surface area contributed by atoms with Crippen LogP contribution in [-0.2, 0) is 6.42 Å². The van der Waals surface area contributed by atoms with E-state index in [0.717, 1.165) is 25.3 Å². The Morgan fingerprint density at radius 2 is 2.06 bits per heavy atom. The van der Waals surface area contributed by atoms with Crippen LogP contribution in [0, 0.1) is 12.8 Å². The van der Waals surface area contributed by atoms with Crippen molar-refractivity contribution in [1.29, 1.82) is 0 Å². The molecule has 1 aromatic heterocycles. The number of rotatable bonds is 5. The van der Waals surface area contributed by atoms with E-state index in [0.29, 0.717) is 0 Å². The van der Waals surface area contributed by atoms with Crippen molar-refractivity contribution in [2.24, 2.45) is 5.92 Å². The fourth-order valence-corrected chi connectivity index (χ4v) is 3.71. The van der Waals surface area contributed by atoms with Crippen molar-refractivity contribution < 1.29 is 5.11 Å². The zero-order valence-electron chi connectivity index (χ0n) is 11.6. The van der Waals surface area contributed by atoms with Gasteiger partial charge in [-0.2, -0.15) is 0 Å². The Labute approximate surface area is 115 Å². The van der Waals surface area contributed by atoms with Crippen molar-refractivity contribution in [3.63, 3.8) is 0 Å². The van der Waals surface area contributed by atoms with Crippen LogP contribution in [0.3, 0.4) is 0 Å². The summed E-state index contributed by atoms with van der Waals surface area (Å²) in [5, 5.41) is 11.7. The first-order valence-corrected chi connectivity index (χ1v) is 7.92. The first-order valence-electron chi connectivity index (χ1n) is 7.04. The number of aliphatic hydroxyl groups excluding tert-OH is 1. The summed E-state index contributed by atoms with van der Waals surface area (Å²) in [5.74, 6) is 0.794. The first-order chi connectivity index (χ1) is 8.65. The number of aliphatic hydroxyl groups is 1. The third-order valence-electron chi connectivity index (χ3n) is 4.07. The highest BCUT2D eigenvalue weighted by atomic mass is 32.1. The molecule has 0 radical (unpaired) electrons. The highest BCUT2D eigenvalue weighted by molar-refractivity contribution is 7.10. The van der Waals surface area contributed by atoms with Gasteiger partial charge >= 0.3 is 0 Å². The molecule has 0 saturated heterocycles. The van der Waals surface area contributed by atoms with Crippen LogP contribution in [0.5, 0.6) is 0 Å². The normalized spacial score (nSPS) is 24.7. The van der Waals surface area contributed by atoms with E-state index in [1.165, 1.54) is 36.2 Å². The molecule has 1 heterocycles. The lowest BCUT2D eigenvalue weighted by atomic mass is 9.87. The topological polar surface area (TPSA) is 23.5 Å². The summed E-state index contributed by atoms with van der Waals surface area (Å²) in [5.41, 5.74) is 1.44. The standard InChI is InChI=1S/C15H25NOS/c1-12-8-10-18-15(12)7-9-16(2)11-13-3-5-14(17)6-4-13/h8,10,13-14,17H,3-7,9,11H2,1-2H3. The van der Waals surface area contributed by atoms with Crippen molar-refractivity contribution in [2.75, 3.05) is 20.1 Å². The second-order valence-corrected chi connectivity index (χ2v) is 6.71. The van der Waals surface area contributed by atoms with Crippen molar-refractivity contribution in [3.8, 4) is 0 Å². The molecule has 0 aliphatic heterocycles. The quantitative estimate of drug-likeness (QED) is 0.886. The minimum Gasteiger partial charge on any atom is -0.393 e. The number of hydrogen-bond acceptors (Lipinski definition) is 3. The molecule has 1 aliphatic carbocycles. The maximum absolute atomic E-state index is 9.51. The minimum atomic E-state index is -0.0275. The molecule has 0 atom stereocenters. The summed E-state index contributed by atoms with van der Waals surface area (Å²) in [6.07, 6.45) is 5.55. The summed E-state index contributed by atoms with van der Waals surface area (Å²) in [7, 11) is 2.23. The van der Waals surface area contributed by atoms with Crippen LogP contribution in [0.4, 0.5) is 0 Å². The smallest absolute Gasteiger partial charge is 0.0540 e. The summed E-state index contributed by atoms with van der Waals surface area (Å²) >= 11 is 1.88. The molecular formula is C15H25NOS. The van der Waals surface area contributed by atoms with Gasteiger partial charge in [-0.05, 0) is 69.0 Å². The molecule has 2 nitrogen and oxygen atoms in total. The third kappa shape index (κ3) is 4.08. The van der Waals surface area contributed by atoms with Gasteiger partial charge in [-0.1, -0.05) is 0 Å². The number of thiophene rings is 1. The molecule has 2 rings (SSSR count). The second kappa shape index (κ2) is 6.69. The molecule has 102 valence electrons. The predicted octanol–water partition coefficient (Wildman–Crippen LogP) is 3.08. The molecule has 18 heavy (non-hydrogen) atoms. The number of nitrogens with zero attached hydrogens (tertiary/aromatic N) is 1. The molecular weight excluding hydrogens is 242 g/mol. The fraction of sp³-hybridized carbons (Fsp3) is 0.733. The molecule has 1 aliphatic rings. The van der Waals surface area contributed by atoms with Gasteiger partial charge in [0.05, 0.1) is 6.10 Å². The van der Waals surface area contributed by atoms with E-state index in [2.05, 4.69) is 30.3 Å². The fourth-order valence-electron chi connectivity index (χ4n) is 2.81. The second-order valence-electron chi connectivity index (χ2n) is 5.71. The van der Waals surface area contributed by atoms with Gasteiger partial charge in [0.15, 0.2) is 0 Å². The molecule has 0 spiro atoms. The third-order valence-corrected chi connectivity index (χ3v) is 5.16. The van der Waals surface area contributed by atoms with Crippen LogP contribution in [0.1, 0.15) is 36.1 Å². The lowest BCUT2D eigenvalue weighted by molar-refractivity contribution is 0.0978. The molecule has 0 amide bonds. The Kier molecular flexibility index (Phi) is 5.22. The SMILES string of the molecule is Cc1ccsc1CCN(C)CC1CCC(O)CC1. The zero-order valence-corrected chi connectivity index (χ0v) is 12.4. The van der Waals surface area contributed by atoms with E-state index in [1.807, 2.05) is 11.3 Å². The molecule has 1 N–H and O–H groups in total. The summed E-state index contributed by atoms with van der Waals surface area (Å²) in [6.45, 7) is 4.55. The molecule has 1 aromatic rings. The average Bonchev–Trinajstić information content (AvgIpc) is 2.75. The van der Waals surface area contributed by atoms with Gasteiger partial charge in [-0.3, -0.25) is 0 Å². The van der Waals surface area contributed by atoms with E-state index in [4.69, 9.17) is 0 Å². The van der Waals surface area contributed by atoms with Crippen LogP contribution in [0.25, 0.3) is 0 Å². The number of hydrogen-bond donors (Lipinski definition) is 1. The monoisotopic (exact) mass is 267 g/mol. The molecule has 1 saturated carbocycles. The van der Waals surface area contributed by atoms with Gasteiger partial charge in [0.2, 0.25) is 0 Å². The highest BCUT2D eigenvalue weighted by Crippen LogP contribution is 2.25. The lowest BCUT2D eigenvalue weighted by Gasteiger charge is -2.29. The van der Waals surface area contributed by atoms with Crippen molar-refractivity contribution >= 4 is 11.3 Å². The molecule has 3 heteroatoms. The van der Waals surface area contributed by atoms with Crippen molar-refractivity contribution in [1.82, 2.24) is 4.90 Å². The van der Waals surface area contributed by atoms with Gasteiger partial charge in [0.1, 0.15) is 0 Å². The van der Waals surface area contributed by atoms with Gasteiger partial charge in [0, 0.05) is 18.0 Å². The van der Waals surface area contributed by atoms with Gasteiger partial charge in [0.25, 0.3) is 0 Å². The average molecular weight is 267 g/mol. The molecule has 0 unspecified atom stereocenters. The van der Waals surface area contributed by atoms with Gasteiger partial charge in [-0.15, -0.1) is 11.3 Å². The molecule has 1 fully saturated rings. The van der Waals surface area contributed by atoms with E-state index >= 15 is 0 Å². The summed E-state index contributed by atoms with van der Waals surface area (Å²) < 4.78 is 0. The van der Waals surface area contributed by atoms with Crippen LogP contribution in [0.2, 0.25) is 0 Å². The van der Waals surface area contributed by atoms with Gasteiger partial charge < -0.3 is 10.0 Å². The minimum absolute atomic E-state index is 0.0275. The first kappa shape index (κ1) is 14.0. The Hall–Kier alpha value is -0.380. The maximum Gasteiger partial charge on any atom is 0.0540 e. The van der Waals surface area contributed by atoms with E-state index < -0.39 is 0 Å². The Balaban J connectivity index is 1.69. The molecule has 0 bridgehead atoms. The Bertz CT molecular complexity index is 355. The van der Waals surface area contributed by atoms with Crippen LogP contribution >= 0.6 is 11.3 Å². The highest BCUT2D eigenvalue weighted by Gasteiger charge is 2.20. The summed E-state index contributed by atoms with van der Waals surface area (Å²) in [4.78, 5) is 3.99. The molecule has 0 aromatic carbocycles. The van der Waals surface area contributed by atoms with E-state index in [1.54, 1.807) is 0 Å². The number of likely N-dealkylation sites (N-methyl/N-ethyl adjacent to an activating group) is 1. The van der Waals surface area contributed by atoms with Crippen LogP contribution in [0.15, 0.2) is 11.4 Å². The number of aryl methyl sites for hydroxylation is 1. The van der Waals surface area contributed by atoms with Crippen LogP contribution < -0.4 is 0 Å². The van der Waals surface area contributed by atoms with Crippen LogP contribution in [-0.4, -0.2) is 36.2 Å². The summed E-state index contributed by atoms with van der Waals surface area (Å²) in [6, 6.07) is 2.21. The largest absolute Gasteiger partial charge is 0.393 e. The predicted molar refractivity (Wildman–Crippen MR) is 78.2 cm³/mol. The van der Waals surface area contributed by atoms with E-state index in [-0.39, 0.29) is 6.10 Å². The van der Waals surface area contributed by atoms with Gasteiger partial charge in [-0.25, -0.2) is 0 Å². The van der Waals surface area contributed by atoms with Crippen molar-refractivity contribution in [2.45, 2.75) is 45.1 Å². The van der Waals surface area contributed by atoms with Crippen molar-refractivity contribution in [3.05, 3.63) is 21.9 Å². The Morgan fingerprint density at radius 1 is 1.33 bits per heavy atom. The lowest BCUT2D eigenvalue weighted by Crippen LogP contribution is -2.31. The Morgan fingerprint density at radius 3 is 2.67 bits per heavy atom.